The summed E-state index contributed by atoms with van der Waals surface area (Å²) in [5, 5.41) is 14.6. The minimum absolute atomic E-state index is 0.0196. The number of hydrogen-bond donors (Lipinski definition) is 3. The van der Waals surface area contributed by atoms with Crippen LogP contribution in [-0.2, 0) is 23.9 Å². The second-order valence-electron chi connectivity index (χ2n) is 8.27. The van der Waals surface area contributed by atoms with Crippen molar-refractivity contribution < 1.29 is 33.8 Å². The lowest BCUT2D eigenvalue weighted by atomic mass is 9.98. The van der Waals surface area contributed by atoms with Gasteiger partial charge in [-0.3, -0.25) is 14.4 Å². The molecule has 184 valence electrons. The zero-order valence-electron chi connectivity index (χ0n) is 20.0. The summed E-state index contributed by atoms with van der Waals surface area (Å²) < 4.78 is 10.0. The van der Waals surface area contributed by atoms with E-state index < -0.39 is 48.7 Å². The first-order valence-electron chi connectivity index (χ1n) is 10.9. The average molecular weight is 466 g/mol. The molecule has 1 rings (SSSR count). The van der Waals surface area contributed by atoms with Gasteiger partial charge in [0.05, 0.1) is 19.6 Å². The molecule has 33 heavy (non-hydrogen) atoms. The number of nitrogens with zero attached hydrogens (tertiary/aromatic N) is 1. The van der Waals surface area contributed by atoms with Gasteiger partial charge in [-0.15, -0.1) is 0 Å². The van der Waals surface area contributed by atoms with Crippen LogP contribution in [0.15, 0.2) is 24.3 Å². The van der Waals surface area contributed by atoms with Crippen molar-refractivity contribution >= 4 is 23.9 Å². The van der Waals surface area contributed by atoms with Crippen LogP contribution in [-0.4, -0.2) is 72.3 Å². The number of carbonyl (C=O) groups excluding carboxylic acids is 4. The van der Waals surface area contributed by atoms with E-state index in [4.69, 9.17) is 9.47 Å². The quantitative estimate of drug-likeness (QED) is 0.421. The maximum absolute atomic E-state index is 13.1. The number of nitrogens with one attached hydrogen (secondary N) is 2. The lowest BCUT2D eigenvalue weighted by Crippen LogP contribution is -2.49. The monoisotopic (exact) mass is 465 g/mol. The van der Waals surface area contributed by atoms with Gasteiger partial charge in [-0.25, -0.2) is 4.79 Å². The van der Waals surface area contributed by atoms with Crippen molar-refractivity contribution in [3.05, 3.63) is 35.4 Å². The largest absolute Gasteiger partial charge is 0.466 e. The molecule has 3 amide bonds. The SMILES string of the molecule is CCOC(=O)CCNC(=O)C(c1ccccc1C)N(CCO)C(=O)CNC(=O)OC(C)(C)C. The molecule has 0 fully saturated rings. The highest BCUT2D eigenvalue weighted by Gasteiger charge is 2.32. The summed E-state index contributed by atoms with van der Waals surface area (Å²) in [5.74, 6) is -1.55. The molecule has 0 aliphatic rings. The molecule has 0 saturated carbocycles. The van der Waals surface area contributed by atoms with Crippen molar-refractivity contribution in [3.63, 3.8) is 0 Å². The normalized spacial score (nSPS) is 11.8. The third kappa shape index (κ3) is 9.90. The number of aryl methyl sites for hydroxylation is 1. The van der Waals surface area contributed by atoms with Gasteiger partial charge in [-0.2, -0.15) is 0 Å². The van der Waals surface area contributed by atoms with E-state index >= 15 is 0 Å². The highest BCUT2D eigenvalue weighted by atomic mass is 16.6. The summed E-state index contributed by atoms with van der Waals surface area (Å²) in [7, 11) is 0. The van der Waals surface area contributed by atoms with Crippen LogP contribution in [0.4, 0.5) is 4.79 Å². The number of aliphatic hydroxyl groups excluding tert-OH is 1. The summed E-state index contributed by atoms with van der Waals surface area (Å²) in [6.45, 7) is 7.88. The molecule has 0 aliphatic carbocycles. The van der Waals surface area contributed by atoms with Crippen LogP contribution in [0.25, 0.3) is 0 Å². The van der Waals surface area contributed by atoms with E-state index in [9.17, 15) is 24.3 Å². The van der Waals surface area contributed by atoms with Crippen LogP contribution < -0.4 is 10.6 Å². The Balaban J connectivity index is 3.06. The van der Waals surface area contributed by atoms with E-state index in [1.807, 2.05) is 0 Å². The van der Waals surface area contributed by atoms with E-state index in [1.165, 1.54) is 4.90 Å². The third-order valence-corrected chi connectivity index (χ3v) is 4.42. The van der Waals surface area contributed by atoms with Gasteiger partial charge in [0.1, 0.15) is 18.2 Å². The molecule has 0 aliphatic heterocycles. The number of ether oxygens (including phenoxy) is 2. The molecular weight excluding hydrogens is 430 g/mol. The fourth-order valence-electron chi connectivity index (χ4n) is 3.03. The fourth-order valence-corrected chi connectivity index (χ4v) is 3.03. The summed E-state index contributed by atoms with van der Waals surface area (Å²) in [4.78, 5) is 50.9. The van der Waals surface area contributed by atoms with Crippen molar-refractivity contribution in [2.45, 2.75) is 52.7 Å². The summed E-state index contributed by atoms with van der Waals surface area (Å²) in [6.07, 6.45) is -0.792. The van der Waals surface area contributed by atoms with Gasteiger partial charge in [-0.05, 0) is 45.7 Å². The Morgan fingerprint density at radius 1 is 1.12 bits per heavy atom. The minimum Gasteiger partial charge on any atom is -0.466 e. The highest BCUT2D eigenvalue weighted by Crippen LogP contribution is 2.24. The van der Waals surface area contributed by atoms with Gasteiger partial charge in [0.15, 0.2) is 0 Å². The molecule has 1 atom stereocenters. The van der Waals surface area contributed by atoms with Crippen molar-refractivity contribution in [2.24, 2.45) is 0 Å². The number of amides is 3. The average Bonchev–Trinajstić information content (AvgIpc) is 2.72. The molecule has 3 N–H and O–H groups in total. The lowest BCUT2D eigenvalue weighted by molar-refractivity contribution is -0.143. The summed E-state index contributed by atoms with van der Waals surface area (Å²) in [6, 6.07) is 5.98. The number of rotatable bonds is 11. The standard InChI is InChI=1S/C23H35N3O7/c1-6-32-19(29)11-12-24-21(30)20(17-10-8-7-9-16(17)2)26(13-14-27)18(28)15-25-22(31)33-23(3,4)5/h7-10,20,27H,6,11-15H2,1-5H3,(H,24,30)(H,25,31). The van der Waals surface area contributed by atoms with E-state index in [0.29, 0.717) is 5.56 Å². The van der Waals surface area contributed by atoms with E-state index in [-0.39, 0.29) is 26.1 Å². The Morgan fingerprint density at radius 2 is 1.79 bits per heavy atom. The minimum atomic E-state index is -1.08. The van der Waals surface area contributed by atoms with Crippen LogP contribution in [0.2, 0.25) is 0 Å². The van der Waals surface area contributed by atoms with Gasteiger partial charge in [-0.1, -0.05) is 24.3 Å². The number of esters is 1. The first kappa shape index (κ1) is 27.9. The predicted octanol–water partition coefficient (Wildman–Crippen LogP) is 1.45. The third-order valence-electron chi connectivity index (χ3n) is 4.42. The summed E-state index contributed by atoms with van der Waals surface area (Å²) >= 11 is 0. The zero-order chi connectivity index (χ0) is 25.0. The number of carbonyl (C=O) groups is 4. The highest BCUT2D eigenvalue weighted by molar-refractivity contribution is 5.90. The molecule has 0 saturated heterocycles. The lowest BCUT2D eigenvalue weighted by Gasteiger charge is -2.32. The zero-order valence-corrected chi connectivity index (χ0v) is 20.0. The molecule has 1 aromatic rings. The van der Waals surface area contributed by atoms with Crippen LogP contribution >= 0.6 is 0 Å². The Kier molecular flexibility index (Phi) is 11.3. The number of benzene rings is 1. The van der Waals surface area contributed by atoms with E-state index in [0.717, 1.165) is 5.56 Å². The number of aliphatic hydroxyl groups is 1. The van der Waals surface area contributed by atoms with Gasteiger partial charge < -0.3 is 30.1 Å². The Hall–Kier alpha value is -3.14. The van der Waals surface area contributed by atoms with Gasteiger partial charge in [0.25, 0.3) is 0 Å². The molecule has 0 spiro atoms. The van der Waals surface area contributed by atoms with Crippen LogP contribution in [0, 0.1) is 6.92 Å². The number of hydrogen-bond acceptors (Lipinski definition) is 7. The maximum atomic E-state index is 13.1. The Labute approximate surface area is 194 Å². The first-order chi connectivity index (χ1) is 15.5. The topological polar surface area (TPSA) is 134 Å². The van der Waals surface area contributed by atoms with Gasteiger partial charge in [0.2, 0.25) is 11.8 Å². The molecule has 0 heterocycles. The van der Waals surface area contributed by atoms with Gasteiger partial charge >= 0.3 is 12.1 Å². The summed E-state index contributed by atoms with van der Waals surface area (Å²) in [5.41, 5.74) is 0.588. The molecule has 1 aromatic carbocycles. The van der Waals surface area contributed by atoms with Crippen molar-refractivity contribution in [2.75, 3.05) is 32.8 Å². The second kappa shape index (κ2) is 13.4. The molecule has 10 heteroatoms. The molecule has 10 nitrogen and oxygen atoms in total. The molecule has 1 unspecified atom stereocenters. The predicted molar refractivity (Wildman–Crippen MR) is 121 cm³/mol. The molecule has 0 aromatic heterocycles. The second-order valence-corrected chi connectivity index (χ2v) is 8.27. The molecular formula is C23H35N3O7. The maximum Gasteiger partial charge on any atom is 0.408 e. The Morgan fingerprint density at radius 3 is 2.36 bits per heavy atom. The fraction of sp³-hybridized carbons (Fsp3) is 0.565. The van der Waals surface area contributed by atoms with Crippen molar-refractivity contribution in [1.29, 1.82) is 0 Å². The number of alkyl carbamates (subject to hydrolysis) is 1. The first-order valence-corrected chi connectivity index (χ1v) is 10.9. The molecule has 0 radical (unpaired) electrons. The van der Waals surface area contributed by atoms with E-state index in [1.54, 1.807) is 58.9 Å². The van der Waals surface area contributed by atoms with Crippen molar-refractivity contribution in [3.8, 4) is 0 Å². The Bertz CT molecular complexity index is 821. The van der Waals surface area contributed by atoms with Crippen LogP contribution in [0.3, 0.4) is 0 Å². The molecule has 0 bridgehead atoms. The van der Waals surface area contributed by atoms with Crippen molar-refractivity contribution in [1.82, 2.24) is 15.5 Å². The van der Waals surface area contributed by atoms with Crippen LogP contribution in [0.1, 0.15) is 51.3 Å². The smallest absolute Gasteiger partial charge is 0.408 e. The van der Waals surface area contributed by atoms with Gasteiger partial charge in [0, 0.05) is 13.1 Å². The van der Waals surface area contributed by atoms with E-state index in [2.05, 4.69) is 10.6 Å². The van der Waals surface area contributed by atoms with Crippen LogP contribution in [0.5, 0.6) is 0 Å².